The first-order valence-corrected chi connectivity index (χ1v) is 7.68. The van der Waals surface area contributed by atoms with Crippen LogP contribution >= 0.6 is 11.3 Å². The Hall–Kier alpha value is -1.13. The van der Waals surface area contributed by atoms with Crippen molar-refractivity contribution < 1.29 is 0 Å². The highest BCUT2D eigenvalue weighted by Crippen LogP contribution is 2.36. The van der Waals surface area contributed by atoms with E-state index in [0.29, 0.717) is 6.04 Å². The molecule has 0 radical (unpaired) electrons. The highest BCUT2D eigenvalue weighted by Gasteiger charge is 2.24. The lowest BCUT2D eigenvalue weighted by Gasteiger charge is -2.21. The van der Waals surface area contributed by atoms with Gasteiger partial charge in [-0.2, -0.15) is 0 Å². The number of thiophene rings is 1. The van der Waals surface area contributed by atoms with E-state index in [0.717, 1.165) is 18.8 Å². The van der Waals surface area contributed by atoms with Crippen LogP contribution in [0.5, 0.6) is 0 Å². The minimum absolute atomic E-state index is 0.437. The van der Waals surface area contributed by atoms with Crippen molar-refractivity contribution >= 4 is 11.3 Å². The smallest absolute Gasteiger partial charge is 0.124 e. The molecule has 1 unspecified atom stereocenters. The molecule has 2 aliphatic rings. The Bertz CT molecular complexity index is 563. The van der Waals surface area contributed by atoms with Crippen molar-refractivity contribution in [2.24, 2.45) is 0 Å². The monoisotopic (exact) mass is 259 g/mol. The van der Waals surface area contributed by atoms with Gasteiger partial charge in [0.25, 0.3) is 0 Å². The molecule has 18 heavy (non-hydrogen) atoms. The van der Waals surface area contributed by atoms with Gasteiger partial charge in [-0.1, -0.05) is 6.42 Å². The van der Waals surface area contributed by atoms with E-state index in [4.69, 9.17) is 4.98 Å². The molecule has 1 aliphatic heterocycles. The van der Waals surface area contributed by atoms with E-state index in [9.17, 15) is 0 Å². The molecule has 0 spiro atoms. The number of aryl methyl sites for hydroxylation is 2. The van der Waals surface area contributed by atoms with Crippen LogP contribution in [0, 0.1) is 0 Å². The van der Waals surface area contributed by atoms with Gasteiger partial charge >= 0.3 is 0 Å². The molecule has 2 aromatic heterocycles. The second kappa shape index (κ2) is 4.21. The van der Waals surface area contributed by atoms with Gasteiger partial charge in [0.15, 0.2) is 0 Å². The molecule has 1 fully saturated rings. The highest BCUT2D eigenvalue weighted by atomic mass is 32.1. The van der Waals surface area contributed by atoms with Gasteiger partial charge < -0.3 is 10.3 Å². The van der Waals surface area contributed by atoms with Gasteiger partial charge in [-0.3, -0.25) is 0 Å². The summed E-state index contributed by atoms with van der Waals surface area (Å²) in [6.07, 6.45) is 6.10. The SMILES string of the molecule is c1cc2c(s1)CCc1[nH]c(C3CCCCN3)nc1-2. The van der Waals surface area contributed by atoms with E-state index >= 15 is 0 Å². The van der Waals surface area contributed by atoms with Crippen molar-refractivity contribution in [3.63, 3.8) is 0 Å². The molecule has 1 atom stereocenters. The number of aromatic nitrogens is 2. The number of nitrogens with zero attached hydrogens (tertiary/aromatic N) is 1. The molecular formula is C14H17N3S. The second-order valence-corrected chi connectivity index (χ2v) is 6.21. The first-order chi connectivity index (χ1) is 8.92. The molecular weight excluding hydrogens is 242 g/mol. The summed E-state index contributed by atoms with van der Waals surface area (Å²) in [4.78, 5) is 9.94. The lowest BCUT2D eigenvalue weighted by Crippen LogP contribution is -2.27. The molecule has 2 aromatic rings. The maximum Gasteiger partial charge on any atom is 0.124 e. The van der Waals surface area contributed by atoms with Gasteiger partial charge in [-0.25, -0.2) is 4.98 Å². The Balaban J connectivity index is 1.73. The minimum Gasteiger partial charge on any atom is -0.344 e. The van der Waals surface area contributed by atoms with Crippen LogP contribution in [-0.2, 0) is 12.8 Å². The third kappa shape index (κ3) is 1.63. The fourth-order valence-corrected chi connectivity index (χ4v) is 3.95. The van der Waals surface area contributed by atoms with Gasteiger partial charge in [0.1, 0.15) is 5.82 Å². The van der Waals surface area contributed by atoms with E-state index in [1.807, 2.05) is 11.3 Å². The van der Waals surface area contributed by atoms with Crippen LogP contribution in [-0.4, -0.2) is 16.5 Å². The van der Waals surface area contributed by atoms with Crippen LogP contribution < -0.4 is 5.32 Å². The molecule has 94 valence electrons. The Morgan fingerprint density at radius 1 is 1.28 bits per heavy atom. The molecule has 0 amide bonds. The second-order valence-electron chi connectivity index (χ2n) is 5.21. The maximum absolute atomic E-state index is 4.88. The fourth-order valence-electron chi connectivity index (χ4n) is 3.07. The average Bonchev–Trinajstić information content (AvgIpc) is 3.05. The number of piperidine rings is 1. The number of nitrogens with one attached hydrogen (secondary N) is 2. The van der Waals surface area contributed by atoms with Crippen LogP contribution in [0.3, 0.4) is 0 Å². The molecule has 3 nitrogen and oxygen atoms in total. The van der Waals surface area contributed by atoms with E-state index in [2.05, 4.69) is 21.7 Å². The van der Waals surface area contributed by atoms with Gasteiger partial charge in [-0.05, 0) is 43.7 Å². The summed E-state index contributed by atoms with van der Waals surface area (Å²) in [5.41, 5.74) is 3.91. The maximum atomic E-state index is 4.88. The minimum atomic E-state index is 0.437. The van der Waals surface area contributed by atoms with Crippen LogP contribution in [0.25, 0.3) is 11.3 Å². The third-order valence-electron chi connectivity index (χ3n) is 4.04. The predicted octanol–water partition coefficient (Wildman–Crippen LogP) is 3.05. The van der Waals surface area contributed by atoms with Crippen molar-refractivity contribution in [1.82, 2.24) is 15.3 Å². The van der Waals surface area contributed by atoms with E-state index in [1.54, 1.807) is 0 Å². The van der Waals surface area contributed by atoms with Crippen LogP contribution in [0.4, 0.5) is 0 Å². The molecule has 1 saturated heterocycles. The van der Waals surface area contributed by atoms with Crippen LogP contribution in [0.2, 0.25) is 0 Å². The molecule has 0 aromatic carbocycles. The van der Waals surface area contributed by atoms with Gasteiger partial charge in [0, 0.05) is 16.1 Å². The first kappa shape index (κ1) is 10.8. The lowest BCUT2D eigenvalue weighted by molar-refractivity contribution is 0.399. The summed E-state index contributed by atoms with van der Waals surface area (Å²) in [7, 11) is 0. The van der Waals surface area contributed by atoms with Crippen molar-refractivity contribution in [3.05, 3.63) is 27.8 Å². The number of rotatable bonds is 1. The number of imidazole rings is 1. The van der Waals surface area contributed by atoms with Gasteiger partial charge in [0.05, 0.1) is 11.7 Å². The Labute approximate surface area is 111 Å². The Morgan fingerprint density at radius 3 is 3.17 bits per heavy atom. The molecule has 4 heteroatoms. The summed E-state index contributed by atoms with van der Waals surface area (Å²) >= 11 is 1.86. The zero-order chi connectivity index (χ0) is 11.9. The predicted molar refractivity (Wildman–Crippen MR) is 73.9 cm³/mol. The zero-order valence-corrected chi connectivity index (χ0v) is 11.1. The molecule has 1 aliphatic carbocycles. The number of hydrogen-bond donors (Lipinski definition) is 2. The Morgan fingerprint density at radius 2 is 2.28 bits per heavy atom. The standard InChI is InChI=1S/C14H17N3S/c1-2-7-15-11(3-1)14-16-10-4-5-12-9(6-8-18-12)13(10)17-14/h6,8,11,15H,1-5,7H2,(H,16,17). The number of H-pyrrole nitrogens is 1. The first-order valence-electron chi connectivity index (χ1n) is 6.81. The van der Waals surface area contributed by atoms with Crippen molar-refractivity contribution in [2.75, 3.05) is 6.54 Å². The molecule has 0 saturated carbocycles. The van der Waals surface area contributed by atoms with Gasteiger partial charge in [-0.15, -0.1) is 11.3 Å². The molecule has 3 heterocycles. The molecule has 0 bridgehead atoms. The van der Waals surface area contributed by atoms with Crippen molar-refractivity contribution in [2.45, 2.75) is 38.1 Å². The fraction of sp³-hybridized carbons (Fsp3) is 0.500. The van der Waals surface area contributed by atoms with Crippen molar-refractivity contribution in [1.29, 1.82) is 0 Å². The number of hydrogen-bond acceptors (Lipinski definition) is 3. The van der Waals surface area contributed by atoms with Crippen LogP contribution in [0.15, 0.2) is 11.4 Å². The van der Waals surface area contributed by atoms with Crippen molar-refractivity contribution in [3.8, 4) is 11.3 Å². The normalized spacial score (nSPS) is 22.6. The number of fused-ring (bicyclic) bond motifs is 3. The topological polar surface area (TPSA) is 40.7 Å². The molecule has 2 N–H and O–H groups in total. The van der Waals surface area contributed by atoms with Crippen LogP contribution in [0.1, 0.15) is 41.7 Å². The summed E-state index contributed by atoms with van der Waals surface area (Å²) in [6.45, 7) is 1.12. The van der Waals surface area contributed by atoms with E-state index < -0.39 is 0 Å². The summed E-state index contributed by atoms with van der Waals surface area (Å²) in [5, 5.41) is 5.76. The third-order valence-corrected chi connectivity index (χ3v) is 5.02. The Kier molecular flexibility index (Phi) is 2.52. The summed E-state index contributed by atoms with van der Waals surface area (Å²) in [6, 6.07) is 2.66. The van der Waals surface area contributed by atoms with Gasteiger partial charge in [0.2, 0.25) is 0 Å². The zero-order valence-electron chi connectivity index (χ0n) is 10.3. The van der Waals surface area contributed by atoms with E-state index in [1.165, 1.54) is 47.5 Å². The highest BCUT2D eigenvalue weighted by molar-refractivity contribution is 7.10. The lowest BCUT2D eigenvalue weighted by atomic mass is 10.0. The quantitative estimate of drug-likeness (QED) is 0.826. The van der Waals surface area contributed by atoms with E-state index in [-0.39, 0.29) is 0 Å². The largest absolute Gasteiger partial charge is 0.344 e. The summed E-state index contributed by atoms with van der Waals surface area (Å²) < 4.78 is 0. The number of aromatic amines is 1. The summed E-state index contributed by atoms with van der Waals surface area (Å²) in [5.74, 6) is 1.15. The average molecular weight is 259 g/mol. The molecule has 4 rings (SSSR count).